The van der Waals surface area contributed by atoms with Crippen molar-refractivity contribution < 1.29 is 28.9 Å². The highest BCUT2D eigenvalue weighted by atomic mass is 16.5. The van der Waals surface area contributed by atoms with E-state index < -0.39 is 0 Å². The normalized spacial score (nSPS) is 23.8. The Hall–Kier alpha value is -2.90. The van der Waals surface area contributed by atoms with Crippen molar-refractivity contribution >= 4 is 17.5 Å². The van der Waals surface area contributed by atoms with Gasteiger partial charge in [0.25, 0.3) is 5.91 Å². The van der Waals surface area contributed by atoms with Crippen LogP contribution in [0.1, 0.15) is 17.5 Å². The first kappa shape index (κ1) is 21.3. The summed E-state index contributed by atoms with van der Waals surface area (Å²) in [5, 5.41) is 0. The van der Waals surface area contributed by atoms with E-state index in [9.17, 15) is 9.59 Å². The van der Waals surface area contributed by atoms with Gasteiger partial charge in [-0.25, -0.2) is 4.90 Å². The second kappa shape index (κ2) is 9.08. The van der Waals surface area contributed by atoms with E-state index in [2.05, 4.69) is 31.2 Å². The van der Waals surface area contributed by atoms with Gasteiger partial charge >= 0.3 is 0 Å². The molecule has 2 aliphatic rings. The smallest absolute Gasteiger partial charge is 0.292 e. The lowest BCUT2D eigenvalue weighted by Crippen LogP contribution is -3.29. The number of ether oxygens (including phenoxy) is 2. The predicted molar refractivity (Wildman–Crippen MR) is 117 cm³/mol. The minimum Gasteiger partial charge on any atom is -0.493 e. The molecule has 2 aromatic carbocycles. The second-order valence-electron chi connectivity index (χ2n) is 8.44. The number of anilines is 1. The number of aryl methyl sites for hydroxylation is 1. The highest BCUT2D eigenvalue weighted by molar-refractivity contribution is 6.22. The first-order chi connectivity index (χ1) is 15.0. The maximum atomic E-state index is 13.2. The van der Waals surface area contributed by atoms with Gasteiger partial charge in [-0.3, -0.25) is 9.59 Å². The largest absolute Gasteiger partial charge is 0.493 e. The van der Waals surface area contributed by atoms with Crippen LogP contribution in [0.4, 0.5) is 5.69 Å². The maximum absolute atomic E-state index is 13.2. The van der Waals surface area contributed by atoms with Gasteiger partial charge in [-0.1, -0.05) is 29.8 Å². The highest BCUT2D eigenvalue weighted by Gasteiger charge is 2.47. The van der Waals surface area contributed by atoms with Crippen molar-refractivity contribution in [1.82, 2.24) is 0 Å². The number of nitrogens with one attached hydrogen (secondary N) is 2. The number of rotatable bonds is 6. The fourth-order valence-corrected chi connectivity index (χ4v) is 4.75. The zero-order valence-corrected chi connectivity index (χ0v) is 18.4. The van der Waals surface area contributed by atoms with Gasteiger partial charge in [0.1, 0.15) is 32.7 Å². The van der Waals surface area contributed by atoms with Gasteiger partial charge in [-0.15, -0.1) is 0 Å². The Morgan fingerprint density at radius 2 is 1.71 bits per heavy atom. The van der Waals surface area contributed by atoms with Crippen LogP contribution in [0.15, 0.2) is 42.5 Å². The van der Waals surface area contributed by atoms with Crippen LogP contribution in [0.2, 0.25) is 0 Å². The predicted octanol–water partition coefficient (Wildman–Crippen LogP) is -0.372. The van der Waals surface area contributed by atoms with Gasteiger partial charge in [0.05, 0.1) is 26.3 Å². The van der Waals surface area contributed by atoms with E-state index in [1.165, 1.54) is 25.8 Å². The average Bonchev–Trinajstić information content (AvgIpc) is 3.07. The number of amides is 2. The first-order valence-electron chi connectivity index (χ1n) is 10.8. The molecule has 31 heavy (non-hydrogen) atoms. The van der Waals surface area contributed by atoms with Gasteiger partial charge in [-0.2, -0.15) is 0 Å². The van der Waals surface area contributed by atoms with Gasteiger partial charge in [0, 0.05) is 11.6 Å². The summed E-state index contributed by atoms with van der Waals surface area (Å²) in [4.78, 5) is 30.0. The van der Waals surface area contributed by atoms with Crippen molar-refractivity contribution in [2.45, 2.75) is 25.9 Å². The molecule has 2 aliphatic heterocycles. The van der Waals surface area contributed by atoms with Gasteiger partial charge in [0.2, 0.25) is 5.91 Å². The quantitative estimate of drug-likeness (QED) is 0.620. The summed E-state index contributed by atoms with van der Waals surface area (Å²) < 4.78 is 10.6. The number of carbonyl (C=O) groups excluding carboxylic acids is 2. The van der Waals surface area contributed by atoms with Crippen LogP contribution in [0.25, 0.3) is 0 Å². The summed E-state index contributed by atoms with van der Waals surface area (Å²) >= 11 is 0. The number of quaternary nitrogens is 2. The molecule has 0 spiro atoms. The summed E-state index contributed by atoms with van der Waals surface area (Å²) in [6.45, 7) is 6.91. The van der Waals surface area contributed by atoms with E-state index in [0.717, 1.165) is 32.7 Å². The number of hydrogen-bond acceptors (Lipinski definition) is 4. The van der Waals surface area contributed by atoms with E-state index in [4.69, 9.17) is 9.47 Å². The van der Waals surface area contributed by atoms with E-state index in [1.807, 2.05) is 0 Å². The lowest BCUT2D eigenvalue weighted by atomic mass is 10.1. The number of piperazine rings is 1. The molecule has 2 saturated heterocycles. The summed E-state index contributed by atoms with van der Waals surface area (Å²) in [5.74, 6) is 0.809. The van der Waals surface area contributed by atoms with Crippen molar-refractivity contribution in [3.8, 4) is 11.5 Å². The van der Waals surface area contributed by atoms with Crippen molar-refractivity contribution in [3.63, 3.8) is 0 Å². The molecule has 1 atom stereocenters. The Kier molecular flexibility index (Phi) is 6.25. The first-order valence-corrected chi connectivity index (χ1v) is 10.8. The average molecular weight is 426 g/mol. The topological polar surface area (TPSA) is 64.7 Å². The molecule has 0 unspecified atom stereocenters. The van der Waals surface area contributed by atoms with E-state index in [-0.39, 0.29) is 24.3 Å². The van der Waals surface area contributed by atoms with E-state index in [1.54, 1.807) is 32.4 Å². The molecule has 0 radical (unpaired) electrons. The lowest BCUT2D eigenvalue weighted by Gasteiger charge is -2.32. The summed E-state index contributed by atoms with van der Waals surface area (Å²) in [6, 6.07) is 13.5. The highest BCUT2D eigenvalue weighted by Crippen LogP contribution is 2.33. The number of imide groups is 1. The molecule has 2 N–H and O–H groups in total. The van der Waals surface area contributed by atoms with E-state index in [0.29, 0.717) is 17.2 Å². The van der Waals surface area contributed by atoms with Crippen LogP contribution in [0, 0.1) is 6.92 Å². The second-order valence-corrected chi connectivity index (χ2v) is 8.44. The Labute approximate surface area is 183 Å². The van der Waals surface area contributed by atoms with Crippen LogP contribution in [0.5, 0.6) is 11.5 Å². The summed E-state index contributed by atoms with van der Waals surface area (Å²) in [6.07, 6.45) is 0.260. The van der Waals surface area contributed by atoms with Crippen LogP contribution in [-0.4, -0.2) is 58.3 Å². The van der Waals surface area contributed by atoms with E-state index >= 15 is 0 Å². The molecule has 2 fully saturated rings. The Balaban J connectivity index is 1.40. The SMILES string of the molecule is COc1ccc(N2C(=O)C[C@@H]([NH+]3CC[NH+](Cc4cccc(C)c4)CC3)C2=O)cc1OC. The zero-order valence-electron chi connectivity index (χ0n) is 18.4. The molecule has 0 aliphatic carbocycles. The molecular formula is C24H31N3O4+2. The number of carbonyl (C=O) groups is 2. The molecule has 7 nitrogen and oxygen atoms in total. The number of nitrogens with zero attached hydrogens (tertiary/aromatic N) is 1. The third-order valence-electron chi connectivity index (χ3n) is 6.40. The minimum atomic E-state index is -0.305. The fourth-order valence-electron chi connectivity index (χ4n) is 4.75. The number of methoxy groups -OCH3 is 2. The fraction of sp³-hybridized carbons (Fsp3) is 0.417. The molecule has 0 saturated carbocycles. The van der Waals surface area contributed by atoms with Crippen LogP contribution in [-0.2, 0) is 16.1 Å². The van der Waals surface area contributed by atoms with Crippen LogP contribution >= 0.6 is 0 Å². The van der Waals surface area contributed by atoms with Crippen LogP contribution in [0.3, 0.4) is 0 Å². The summed E-state index contributed by atoms with van der Waals surface area (Å²) in [7, 11) is 3.10. The molecule has 2 aromatic rings. The molecule has 2 amide bonds. The molecule has 0 bridgehead atoms. The maximum Gasteiger partial charge on any atom is 0.292 e. The van der Waals surface area contributed by atoms with Crippen LogP contribution < -0.4 is 24.2 Å². The van der Waals surface area contributed by atoms with Gasteiger partial charge in [0.15, 0.2) is 17.5 Å². The van der Waals surface area contributed by atoms with Gasteiger partial charge < -0.3 is 19.3 Å². The Morgan fingerprint density at radius 1 is 0.968 bits per heavy atom. The molecule has 164 valence electrons. The molecule has 4 rings (SSSR count). The van der Waals surface area contributed by atoms with Crippen molar-refractivity contribution in [2.75, 3.05) is 45.3 Å². The Morgan fingerprint density at radius 3 is 2.39 bits per heavy atom. The van der Waals surface area contributed by atoms with Gasteiger partial charge in [-0.05, 0) is 19.1 Å². The molecule has 2 heterocycles. The molecule has 7 heteroatoms. The lowest BCUT2D eigenvalue weighted by molar-refractivity contribution is -1.02. The van der Waals surface area contributed by atoms with Crippen molar-refractivity contribution in [3.05, 3.63) is 53.6 Å². The Bertz CT molecular complexity index is 969. The third kappa shape index (κ3) is 4.43. The van der Waals surface area contributed by atoms with Crippen molar-refractivity contribution in [1.29, 1.82) is 0 Å². The number of benzene rings is 2. The standard InChI is InChI=1S/C24H29N3O4/c1-17-5-4-6-18(13-17)16-25-9-11-26(12-10-25)20-15-23(28)27(24(20)29)19-7-8-21(30-2)22(14-19)31-3/h4-8,13-14,20H,9-12,15-16H2,1-3H3/p+2/t20-/m1/s1. The molecular weight excluding hydrogens is 394 g/mol. The van der Waals surface area contributed by atoms with Crippen molar-refractivity contribution in [2.24, 2.45) is 0 Å². The summed E-state index contributed by atoms with van der Waals surface area (Å²) in [5.41, 5.74) is 3.18. The third-order valence-corrected chi connectivity index (χ3v) is 6.40. The number of hydrogen-bond donors (Lipinski definition) is 2. The molecule has 0 aromatic heterocycles. The minimum absolute atomic E-state index is 0.116. The monoisotopic (exact) mass is 425 g/mol. The zero-order chi connectivity index (χ0) is 22.0.